The van der Waals surface area contributed by atoms with Gasteiger partial charge < -0.3 is 16.0 Å². The van der Waals surface area contributed by atoms with Gasteiger partial charge in [0, 0.05) is 42.3 Å². The maximum absolute atomic E-state index is 12.5. The van der Waals surface area contributed by atoms with E-state index in [9.17, 15) is 14.0 Å². The first-order valence-corrected chi connectivity index (χ1v) is 8.74. The number of nitrogens with one attached hydrogen (secondary N) is 3. The van der Waals surface area contributed by atoms with Crippen molar-refractivity contribution in [3.05, 3.63) is 34.5 Å². The number of carbonyl (C=O) groups is 2. The van der Waals surface area contributed by atoms with E-state index in [2.05, 4.69) is 15.6 Å². The van der Waals surface area contributed by atoms with Crippen molar-refractivity contribution in [3.8, 4) is 0 Å². The number of anilines is 1. The lowest BCUT2D eigenvalue weighted by Crippen LogP contribution is -2.31. The predicted molar refractivity (Wildman–Crippen MR) is 99.3 cm³/mol. The number of carbonyl (C=O) groups excluding carboxylic acids is 2. The zero-order chi connectivity index (χ0) is 19.3. The van der Waals surface area contributed by atoms with Crippen LogP contribution in [0.15, 0.2) is 23.3 Å². The Morgan fingerprint density at radius 2 is 2.12 bits per heavy atom. The molecule has 7 heteroatoms. The molecule has 0 fully saturated rings. The van der Waals surface area contributed by atoms with Crippen molar-refractivity contribution in [2.45, 2.75) is 33.6 Å². The summed E-state index contributed by atoms with van der Waals surface area (Å²) in [7, 11) is 0. The standard InChI is InChI=1S/C19H25FN4O2/c1-4-17(25)24-16-8-13(7-11(2)23-16)19(26)22-10-14(9-21)18-12(3)15(18)5-6-20/h7-9,14,18,21H,4-6,10H2,1-3H3,(H,22,26)(H,23,24,25). The molecule has 1 aromatic rings. The van der Waals surface area contributed by atoms with Crippen molar-refractivity contribution in [1.29, 1.82) is 5.41 Å². The molecule has 2 atom stereocenters. The fourth-order valence-corrected chi connectivity index (χ4v) is 3.13. The first-order valence-electron chi connectivity index (χ1n) is 8.74. The van der Waals surface area contributed by atoms with Crippen LogP contribution in [-0.2, 0) is 4.79 Å². The molecule has 2 unspecified atom stereocenters. The van der Waals surface area contributed by atoms with E-state index >= 15 is 0 Å². The second-order valence-corrected chi connectivity index (χ2v) is 6.45. The maximum Gasteiger partial charge on any atom is 0.251 e. The Hall–Kier alpha value is -2.57. The van der Waals surface area contributed by atoms with Crippen LogP contribution in [0.5, 0.6) is 0 Å². The number of pyridine rings is 1. The Labute approximate surface area is 152 Å². The van der Waals surface area contributed by atoms with E-state index in [1.54, 1.807) is 19.9 Å². The lowest BCUT2D eigenvalue weighted by molar-refractivity contribution is -0.115. The van der Waals surface area contributed by atoms with E-state index in [-0.39, 0.29) is 23.7 Å². The molecule has 1 heterocycles. The van der Waals surface area contributed by atoms with E-state index < -0.39 is 6.67 Å². The van der Waals surface area contributed by atoms with Crippen molar-refractivity contribution in [3.63, 3.8) is 0 Å². The van der Waals surface area contributed by atoms with Gasteiger partial charge in [0.1, 0.15) is 5.82 Å². The molecular formula is C19H25FN4O2. The van der Waals surface area contributed by atoms with Crippen LogP contribution in [0.2, 0.25) is 0 Å². The van der Waals surface area contributed by atoms with Crippen LogP contribution >= 0.6 is 0 Å². The van der Waals surface area contributed by atoms with Crippen LogP contribution in [0.3, 0.4) is 0 Å². The van der Waals surface area contributed by atoms with E-state index in [1.165, 1.54) is 12.3 Å². The average Bonchev–Trinajstić information content (AvgIpc) is 3.24. The number of amides is 2. The first-order chi connectivity index (χ1) is 12.4. The number of nitrogens with zero attached hydrogens (tertiary/aromatic N) is 1. The summed E-state index contributed by atoms with van der Waals surface area (Å²) in [6, 6.07) is 3.18. The largest absolute Gasteiger partial charge is 0.351 e. The number of halogens is 1. The van der Waals surface area contributed by atoms with Gasteiger partial charge in [-0.3, -0.25) is 14.0 Å². The van der Waals surface area contributed by atoms with Crippen molar-refractivity contribution >= 4 is 23.8 Å². The Morgan fingerprint density at radius 1 is 1.38 bits per heavy atom. The molecular weight excluding hydrogens is 335 g/mol. The number of rotatable bonds is 9. The Balaban J connectivity index is 1.99. The van der Waals surface area contributed by atoms with Crippen molar-refractivity contribution in [1.82, 2.24) is 10.3 Å². The summed E-state index contributed by atoms with van der Waals surface area (Å²) >= 11 is 0. The SMILES string of the molecule is CCC(=O)Nc1cc(C(=O)NCC(C=N)C2C(C)=C2CCF)cc(C)n1. The number of hydrogen-bond donors (Lipinski definition) is 3. The fourth-order valence-electron chi connectivity index (χ4n) is 3.13. The molecule has 3 N–H and O–H groups in total. The summed E-state index contributed by atoms with van der Waals surface area (Å²) in [6.45, 7) is 5.34. The van der Waals surface area contributed by atoms with Crippen LogP contribution in [0.4, 0.5) is 10.2 Å². The van der Waals surface area contributed by atoms with Crippen molar-refractivity contribution in [2.24, 2.45) is 11.8 Å². The molecule has 1 aliphatic carbocycles. The highest BCUT2D eigenvalue weighted by Gasteiger charge is 2.37. The van der Waals surface area contributed by atoms with Gasteiger partial charge in [0.15, 0.2) is 0 Å². The number of alkyl halides is 1. The number of aryl methyl sites for hydroxylation is 1. The quantitative estimate of drug-likeness (QED) is 0.466. The highest BCUT2D eigenvalue weighted by molar-refractivity contribution is 5.96. The Morgan fingerprint density at radius 3 is 2.73 bits per heavy atom. The molecule has 1 aromatic heterocycles. The minimum absolute atomic E-state index is 0.0853. The minimum atomic E-state index is -0.400. The van der Waals surface area contributed by atoms with Crippen molar-refractivity contribution < 1.29 is 14.0 Å². The normalized spacial score (nSPS) is 16.8. The summed E-state index contributed by atoms with van der Waals surface area (Å²) in [4.78, 5) is 28.2. The molecule has 2 amide bonds. The maximum atomic E-state index is 12.5. The van der Waals surface area contributed by atoms with Crippen molar-refractivity contribution in [2.75, 3.05) is 18.5 Å². The zero-order valence-corrected chi connectivity index (χ0v) is 15.4. The molecule has 0 saturated carbocycles. The zero-order valence-electron chi connectivity index (χ0n) is 15.4. The van der Waals surface area contributed by atoms with Crippen LogP contribution in [0.1, 0.15) is 42.7 Å². The summed E-state index contributed by atoms with van der Waals surface area (Å²) in [5.41, 5.74) is 3.20. The molecule has 1 aliphatic rings. The predicted octanol–water partition coefficient (Wildman–Crippen LogP) is 3.04. The van der Waals surface area contributed by atoms with Gasteiger partial charge in [-0.15, -0.1) is 0 Å². The Bertz CT molecular complexity index is 745. The second kappa shape index (κ2) is 8.69. The molecule has 0 bridgehead atoms. The van der Waals surface area contributed by atoms with Gasteiger partial charge in [-0.2, -0.15) is 0 Å². The summed E-state index contributed by atoms with van der Waals surface area (Å²) < 4.78 is 12.5. The highest BCUT2D eigenvalue weighted by atomic mass is 19.1. The molecule has 0 radical (unpaired) electrons. The first kappa shape index (κ1) is 19.8. The summed E-state index contributed by atoms with van der Waals surface area (Å²) in [6.07, 6.45) is 2.04. The topological polar surface area (TPSA) is 94.9 Å². The lowest BCUT2D eigenvalue weighted by atomic mass is 9.99. The van der Waals surface area contributed by atoms with Gasteiger partial charge in [0.05, 0.1) is 6.67 Å². The van der Waals surface area contributed by atoms with Gasteiger partial charge in [-0.25, -0.2) is 4.98 Å². The highest BCUT2D eigenvalue weighted by Crippen LogP contribution is 2.45. The van der Waals surface area contributed by atoms with Gasteiger partial charge in [0.2, 0.25) is 5.91 Å². The summed E-state index contributed by atoms with van der Waals surface area (Å²) in [5, 5.41) is 13.1. The number of hydrogen-bond acceptors (Lipinski definition) is 4. The minimum Gasteiger partial charge on any atom is -0.351 e. The van der Waals surface area contributed by atoms with E-state index in [0.29, 0.717) is 36.5 Å². The smallest absolute Gasteiger partial charge is 0.251 e. The molecule has 0 spiro atoms. The van der Waals surface area contributed by atoms with Gasteiger partial charge >= 0.3 is 0 Å². The molecule has 6 nitrogen and oxygen atoms in total. The average molecular weight is 360 g/mol. The van der Waals surface area contributed by atoms with E-state index in [4.69, 9.17) is 5.41 Å². The van der Waals surface area contributed by atoms with Crippen LogP contribution in [0.25, 0.3) is 0 Å². The van der Waals surface area contributed by atoms with Crippen LogP contribution in [0, 0.1) is 24.2 Å². The third-order valence-electron chi connectivity index (χ3n) is 4.57. The molecule has 0 saturated heterocycles. The molecule has 140 valence electrons. The van der Waals surface area contributed by atoms with E-state index in [0.717, 1.165) is 11.1 Å². The third kappa shape index (κ3) is 4.74. The molecule has 0 aliphatic heterocycles. The van der Waals surface area contributed by atoms with E-state index in [1.807, 2.05) is 6.92 Å². The molecule has 26 heavy (non-hydrogen) atoms. The second-order valence-electron chi connectivity index (χ2n) is 6.45. The van der Waals surface area contributed by atoms with Crippen LogP contribution < -0.4 is 10.6 Å². The van der Waals surface area contributed by atoms with Gasteiger partial charge in [-0.05, 0) is 32.4 Å². The number of aromatic nitrogens is 1. The van der Waals surface area contributed by atoms with Gasteiger partial charge in [0.25, 0.3) is 5.91 Å². The fraction of sp³-hybridized carbons (Fsp3) is 0.474. The van der Waals surface area contributed by atoms with Crippen LogP contribution in [-0.4, -0.2) is 36.2 Å². The van der Waals surface area contributed by atoms with Gasteiger partial charge in [-0.1, -0.05) is 18.1 Å². The number of allylic oxidation sites excluding steroid dienone is 2. The lowest BCUT2D eigenvalue weighted by Gasteiger charge is -2.14. The molecule has 0 aromatic carbocycles. The summed E-state index contributed by atoms with van der Waals surface area (Å²) in [5.74, 6) is -0.200. The third-order valence-corrected chi connectivity index (χ3v) is 4.57. The Kier molecular flexibility index (Phi) is 6.60. The monoisotopic (exact) mass is 360 g/mol. The molecule has 2 rings (SSSR count).